The Hall–Kier alpha value is -1.89. The fourth-order valence-corrected chi connectivity index (χ4v) is 3.92. The third-order valence-corrected chi connectivity index (χ3v) is 5.33. The lowest BCUT2D eigenvalue weighted by Gasteiger charge is -2.24. The van der Waals surface area contributed by atoms with Gasteiger partial charge in [0.25, 0.3) is 0 Å². The van der Waals surface area contributed by atoms with E-state index in [1.807, 2.05) is 12.2 Å². The summed E-state index contributed by atoms with van der Waals surface area (Å²) in [5.41, 5.74) is 6.16. The molecular formula is C24H34N2. The summed E-state index contributed by atoms with van der Waals surface area (Å²) in [6.45, 7) is 12.1. The standard InChI is InChI=1S/C24H34N2/c1-5-22(23(25)12-11-19(2)3)18-26-17-21-13-14-24(4,16-21)15-20-9-7-6-8-10-20/h6-12,19,21,25-26H,1,13-18H2,2-4H3/b12-11-,25-23?. The largest absolute Gasteiger partial charge is 0.312 e. The topological polar surface area (TPSA) is 35.9 Å². The van der Waals surface area contributed by atoms with Crippen molar-refractivity contribution in [1.29, 1.82) is 5.41 Å². The van der Waals surface area contributed by atoms with Crippen molar-refractivity contribution in [3.05, 3.63) is 65.9 Å². The Kier molecular flexibility index (Phi) is 7.63. The van der Waals surface area contributed by atoms with Crippen LogP contribution in [0.2, 0.25) is 0 Å². The lowest BCUT2D eigenvalue weighted by Crippen LogP contribution is -2.26. The van der Waals surface area contributed by atoms with Crippen LogP contribution in [0.3, 0.4) is 0 Å². The molecule has 0 amide bonds. The third kappa shape index (κ3) is 6.44. The smallest absolute Gasteiger partial charge is 0.0658 e. The number of benzene rings is 1. The quantitative estimate of drug-likeness (QED) is 0.443. The first-order valence-corrected chi connectivity index (χ1v) is 9.82. The maximum Gasteiger partial charge on any atom is 0.0658 e. The van der Waals surface area contributed by atoms with Gasteiger partial charge in [0.15, 0.2) is 0 Å². The third-order valence-electron chi connectivity index (χ3n) is 5.33. The van der Waals surface area contributed by atoms with E-state index < -0.39 is 0 Å². The molecule has 1 aromatic rings. The summed E-state index contributed by atoms with van der Waals surface area (Å²) in [6, 6.07) is 10.9. The molecular weight excluding hydrogens is 316 g/mol. The minimum absolute atomic E-state index is 0.414. The van der Waals surface area contributed by atoms with Crippen LogP contribution in [0.15, 0.2) is 60.4 Å². The molecule has 0 bridgehead atoms. The monoisotopic (exact) mass is 350 g/mol. The molecule has 0 saturated heterocycles. The second-order valence-corrected chi connectivity index (χ2v) is 8.38. The fourth-order valence-electron chi connectivity index (χ4n) is 3.92. The molecule has 0 aliphatic heterocycles. The van der Waals surface area contributed by atoms with E-state index in [2.05, 4.69) is 68.7 Å². The first kappa shape index (κ1) is 20.4. The van der Waals surface area contributed by atoms with E-state index in [-0.39, 0.29) is 0 Å². The first-order valence-electron chi connectivity index (χ1n) is 9.82. The Balaban J connectivity index is 1.78. The molecule has 1 saturated carbocycles. The van der Waals surface area contributed by atoms with Gasteiger partial charge >= 0.3 is 0 Å². The van der Waals surface area contributed by atoms with Crippen molar-refractivity contribution in [1.82, 2.24) is 5.32 Å². The highest BCUT2D eigenvalue weighted by molar-refractivity contribution is 6.06. The zero-order valence-corrected chi connectivity index (χ0v) is 16.6. The summed E-state index contributed by atoms with van der Waals surface area (Å²) < 4.78 is 0. The predicted octanol–water partition coefficient (Wildman–Crippen LogP) is 5.57. The van der Waals surface area contributed by atoms with Gasteiger partial charge < -0.3 is 5.32 Å². The Labute approximate surface area is 159 Å². The molecule has 2 heteroatoms. The van der Waals surface area contributed by atoms with Crippen molar-refractivity contribution in [3.8, 4) is 0 Å². The van der Waals surface area contributed by atoms with Gasteiger partial charge in [-0.1, -0.05) is 63.8 Å². The number of hydrogen-bond acceptors (Lipinski definition) is 2. The van der Waals surface area contributed by atoms with Crippen molar-refractivity contribution >= 4 is 5.71 Å². The molecule has 2 nitrogen and oxygen atoms in total. The summed E-state index contributed by atoms with van der Waals surface area (Å²) in [5.74, 6) is 1.17. The second-order valence-electron chi connectivity index (χ2n) is 8.38. The normalized spacial score (nSPS) is 22.7. The fraction of sp³-hybridized carbons (Fsp3) is 0.500. The van der Waals surface area contributed by atoms with Gasteiger partial charge in [0.2, 0.25) is 0 Å². The van der Waals surface area contributed by atoms with Crippen molar-refractivity contribution in [2.45, 2.75) is 46.5 Å². The lowest BCUT2D eigenvalue weighted by atomic mass is 9.81. The van der Waals surface area contributed by atoms with Crippen LogP contribution in [0.1, 0.15) is 45.6 Å². The molecule has 1 aliphatic rings. The Morgan fingerprint density at radius 1 is 1.38 bits per heavy atom. The SMILES string of the molecule is C=C=C(CNCC1CCC(C)(Cc2ccccc2)C1)C(=N)/C=C\C(C)C. The first-order chi connectivity index (χ1) is 12.4. The van der Waals surface area contributed by atoms with E-state index in [9.17, 15) is 0 Å². The highest BCUT2D eigenvalue weighted by Gasteiger charge is 2.34. The van der Waals surface area contributed by atoms with Gasteiger partial charge in [0.05, 0.1) is 5.71 Å². The molecule has 2 rings (SSSR count). The molecule has 2 N–H and O–H groups in total. The minimum atomic E-state index is 0.414. The highest BCUT2D eigenvalue weighted by atomic mass is 14.9. The summed E-state index contributed by atoms with van der Waals surface area (Å²) in [6.07, 6.45) is 8.94. The molecule has 0 heterocycles. The van der Waals surface area contributed by atoms with E-state index in [1.165, 1.54) is 31.2 Å². The molecule has 2 atom stereocenters. The molecule has 0 radical (unpaired) electrons. The van der Waals surface area contributed by atoms with Crippen LogP contribution < -0.4 is 5.32 Å². The van der Waals surface area contributed by atoms with Crippen LogP contribution in [0.25, 0.3) is 0 Å². The van der Waals surface area contributed by atoms with Crippen LogP contribution in [-0.2, 0) is 6.42 Å². The van der Waals surface area contributed by atoms with E-state index in [4.69, 9.17) is 5.41 Å². The lowest BCUT2D eigenvalue weighted by molar-refractivity contribution is 0.315. The molecule has 0 aromatic heterocycles. The molecule has 2 unspecified atom stereocenters. The highest BCUT2D eigenvalue weighted by Crippen LogP contribution is 2.43. The van der Waals surface area contributed by atoms with Gasteiger partial charge in [-0.25, -0.2) is 0 Å². The van der Waals surface area contributed by atoms with Crippen LogP contribution in [0.5, 0.6) is 0 Å². The maximum atomic E-state index is 8.15. The molecule has 140 valence electrons. The van der Waals surface area contributed by atoms with Crippen molar-refractivity contribution in [2.24, 2.45) is 17.3 Å². The van der Waals surface area contributed by atoms with Gasteiger partial charge in [-0.2, -0.15) is 0 Å². The van der Waals surface area contributed by atoms with Crippen LogP contribution in [0, 0.1) is 22.7 Å². The summed E-state index contributed by atoms with van der Waals surface area (Å²) in [4.78, 5) is 0. The second kappa shape index (κ2) is 9.71. The van der Waals surface area contributed by atoms with Crippen molar-refractivity contribution in [2.75, 3.05) is 13.1 Å². The Morgan fingerprint density at radius 2 is 2.12 bits per heavy atom. The number of nitrogens with one attached hydrogen (secondary N) is 2. The zero-order valence-electron chi connectivity index (χ0n) is 16.6. The average Bonchev–Trinajstić information content (AvgIpc) is 2.98. The van der Waals surface area contributed by atoms with E-state index >= 15 is 0 Å². The average molecular weight is 351 g/mol. The molecule has 1 aromatic carbocycles. The summed E-state index contributed by atoms with van der Waals surface area (Å²) in [7, 11) is 0. The summed E-state index contributed by atoms with van der Waals surface area (Å²) in [5, 5.41) is 11.7. The van der Waals surface area contributed by atoms with Crippen LogP contribution in [-0.4, -0.2) is 18.8 Å². The van der Waals surface area contributed by atoms with Gasteiger partial charge in [0.1, 0.15) is 0 Å². The molecule has 1 aliphatic carbocycles. The number of rotatable bonds is 9. The van der Waals surface area contributed by atoms with E-state index in [0.29, 0.717) is 23.6 Å². The number of allylic oxidation sites excluding steroid dienone is 2. The zero-order chi connectivity index (χ0) is 19.0. The van der Waals surface area contributed by atoms with Gasteiger partial charge in [-0.3, -0.25) is 5.41 Å². The molecule has 0 spiro atoms. The molecule has 26 heavy (non-hydrogen) atoms. The molecule has 1 fully saturated rings. The Morgan fingerprint density at radius 3 is 2.77 bits per heavy atom. The maximum absolute atomic E-state index is 8.15. The van der Waals surface area contributed by atoms with Crippen molar-refractivity contribution < 1.29 is 0 Å². The predicted molar refractivity (Wildman–Crippen MR) is 113 cm³/mol. The minimum Gasteiger partial charge on any atom is -0.312 e. The van der Waals surface area contributed by atoms with Gasteiger partial charge in [0, 0.05) is 12.1 Å². The van der Waals surface area contributed by atoms with Crippen LogP contribution in [0.4, 0.5) is 0 Å². The number of hydrogen-bond donors (Lipinski definition) is 2. The van der Waals surface area contributed by atoms with Gasteiger partial charge in [-0.05, 0) is 61.1 Å². The van der Waals surface area contributed by atoms with E-state index in [1.54, 1.807) is 0 Å². The van der Waals surface area contributed by atoms with Crippen molar-refractivity contribution in [3.63, 3.8) is 0 Å². The Bertz CT molecular complexity index is 665. The van der Waals surface area contributed by atoms with Gasteiger partial charge in [-0.15, -0.1) is 5.73 Å². The van der Waals surface area contributed by atoms with E-state index in [0.717, 1.165) is 18.0 Å². The summed E-state index contributed by atoms with van der Waals surface area (Å²) >= 11 is 0. The van der Waals surface area contributed by atoms with Crippen LogP contribution >= 0.6 is 0 Å².